The van der Waals surface area contributed by atoms with Crippen LogP contribution in [-0.2, 0) is 43.3 Å². The number of anilines is 9. The second-order valence-corrected chi connectivity index (χ2v) is 30.6. The maximum absolute atomic E-state index is 14.6. The van der Waals surface area contributed by atoms with E-state index in [0.717, 1.165) is 91.0 Å². The zero-order valence-electron chi connectivity index (χ0n) is 54.9. The predicted octanol–water partition coefficient (Wildman–Crippen LogP) is 21.8. The first kappa shape index (κ1) is 61.6. The summed E-state index contributed by atoms with van der Waals surface area (Å²) in [6.45, 7) is 24.5. The Hall–Kier alpha value is -10.3. The van der Waals surface area contributed by atoms with E-state index in [1.165, 1.54) is 27.8 Å². The molecule has 0 aromatic heterocycles. The summed E-state index contributed by atoms with van der Waals surface area (Å²) in [5, 5.41) is 20.6. The Bertz CT molecular complexity index is 4690. The molecular formula is C85H77N5O2S. The van der Waals surface area contributed by atoms with E-state index in [1.54, 1.807) is 24.3 Å². The third-order valence-corrected chi connectivity index (χ3v) is 20.8. The van der Waals surface area contributed by atoms with Crippen LogP contribution in [0.15, 0.2) is 265 Å². The summed E-state index contributed by atoms with van der Waals surface area (Å²) in [6, 6.07) is 92.2. The molecule has 0 unspecified atom stereocenters. The maximum atomic E-state index is 14.6. The van der Waals surface area contributed by atoms with E-state index < -0.39 is 15.3 Å². The maximum Gasteiger partial charge on any atom is 0.206 e. The van der Waals surface area contributed by atoms with Crippen LogP contribution in [0.1, 0.15) is 137 Å². The largest absolute Gasteiger partial charge is 0.311 e. The Kier molecular flexibility index (Phi) is 15.3. The van der Waals surface area contributed by atoms with Crippen molar-refractivity contribution in [2.45, 2.75) is 119 Å². The Labute approximate surface area is 550 Å². The van der Waals surface area contributed by atoms with E-state index in [-0.39, 0.29) is 31.5 Å². The highest BCUT2D eigenvalue weighted by atomic mass is 32.2. The van der Waals surface area contributed by atoms with Crippen molar-refractivity contribution in [3.8, 4) is 23.3 Å². The second kappa shape index (κ2) is 23.1. The summed E-state index contributed by atoms with van der Waals surface area (Å²) < 4.78 is 29.3. The number of sulfone groups is 1. The first-order valence-electron chi connectivity index (χ1n) is 32.0. The number of benzene rings is 11. The molecule has 1 aliphatic heterocycles. The molecule has 11 aromatic carbocycles. The molecule has 11 aromatic rings. The van der Waals surface area contributed by atoms with Gasteiger partial charge in [0.05, 0.1) is 49.8 Å². The molecule has 0 N–H and O–H groups in total. The van der Waals surface area contributed by atoms with Crippen LogP contribution in [0.25, 0.3) is 11.1 Å². The van der Waals surface area contributed by atoms with E-state index in [2.05, 4.69) is 285 Å². The lowest BCUT2D eigenvalue weighted by Crippen LogP contribution is -2.36. The average Bonchev–Trinajstić information content (AvgIpc) is 1.57. The molecule has 93 heavy (non-hydrogen) atoms. The molecule has 0 radical (unpaired) electrons. The minimum absolute atomic E-state index is 0.00593. The van der Waals surface area contributed by atoms with Crippen LogP contribution in [0.4, 0.5) is 51.2 Å². The first-order valence-corrected chi connectivity index (χ1v) is 33.5. The van der Waals surface area contributed by atoms with Crippen molar-refractivity contribution >= 4 is 61.0 Å². The molecule has 0 amide bonds. The Balaban J connectivity index is 0.794. The fraction of sp³-hybridized carbons (Fsp3) is 0.200. The van der Waals surface area contributed by atoms with Crippen molar-refractivity contribution in [2.75, 3.05) is 14.7 Å². The zero-order valence-corrected chi connectivity index (χ0v) is 55.7. The number of nitriles is 2. The lowest BCUT2D eigenvalue weighted by atomic mass is 9.64. The van der Waals surface area contributed by atoms with Gasteiger partial charge in [-0.2, -0.15) is 10.5 Å². The lowest BCUT2D eigenvalue weighted by Gasteiger charge is -2.45. The summed E-state index contributed by atoms with van der Waals surface area (Å²) in [5.41, 5.74) is 21.1. The molecule has 0 fully saturated rings. The Morgan fingerprint density at radius 3 is 1.08 bits per heavy atom. The third-order valence-electron chi connectivity index (χ3n) is 19.0. The molecule has 1 spiro atoms. The van der Waals surface area contributed by atoms with Gasteiger partial charge in [-0.3, -0.25) is 0 Å². The Morgan fingerprint density at radius 2 is 0.720 bits per heavy atom. The van der Waals surface area contributed by atoms with Gasteiger partial charge >= 0.3 is 0 Å². The minimum atomic E-state index is -3.92. The van der Waals surface area contributed by atoms with Gasteiger partial charge in [0, 0.05) is 39.8 Å². The molecule has 0 atom stereocenters. The van der Waals surface area contributed by atoms with Gasteiger partial charge in [-0.1, -0.05) is 185 Å². The smallest absolute Gasteiger partial charge is 0.206 e. The van der Waals surface area contributed by atoms with E-state index in [0.29, 0.717) is 11.1 Å². The van der Waals surface area contributed by atoms with Crippen molar-refractivity contribution in [1.82, 2.24) is 0 Å². The average molecular weight is 1230 g/mol. The summed E-state index contributed by atoms with van der Waals surface area (Å²) in [7, 11) is -3.92. The van der Waals surface area contributed by atoms with Gasteiger partial charge in [0.25, 0.3) is 0 Å². The molecule has 13 rings (SSSR count). The summed E-state index contributed by atoms with van der Waals surface area (Å²) in [4.78, 5) is 7.18. The van der Waals surface area contributed by atoms with Crippen LogP contribution in [0, 0.1) is 22.7 Å². The van der Waals surface area contributed by atoms with Crippen molar-refractivity contribution < 1.29 is 8.42 Å². The molecular weight excluding hydrogens is 1160 g/mol. The van der Waals surface area contributed by atoms with E-state index in [9.17, 15) is 18.9 Å². The Morgan fingerprint density at radius 1 is 0.376 bits per heavy atom. The topological polar surface area (TPSA) is 91.4 Å². The van der Waals surface area contributed by atoms with Gasteiger partial charge in [-0.05, 0) is 235 Å². The number of hydrogen-bond donors (Lipinski definition) is 0. The van der Waals surface area contributed by atoms with Gasteiger partial charge in [0.15, 0.2) is 0 Å². The summed E-state index contributed by atoms with van der Waals surface area (Å²) in [5.74, 6) is 0. The molecule has 1 heterocycles. The fourth-order valence-corrected chi connectivity index (χ4v) is 15.2. The molecule has 8 heteroatoms. The monoisotopic (exact) mass is 1230 g/mol. The first-order chi connectivity index (χ1) is 44.4. The quantitative estimate of drug-likeness (QED) is 0.120. The van der Waals surface area contributed by atoms with E-state index in [1.807, 2.05) is 48.5 Å². The molecule has 0 saturated heterocycles. The normalized spacial score (nSPS) is 13.3. The molecule has 2 aliphatic rings. The molecule has 1 aliphatic carbocycles. The van der Waals surface area contributed by atoms with Gasteiger partial charge in [-0.25, -0.2) is 8.42 Å². The fourth-order valence-electron chi connectivity index (χ4n) is 14.0. The number of rotatable bonds is 12. The highest BCUT2D eigenvalue weighted by molar-refractivity contribution is 7.91. The minimum Gasteiger partial charge on any atom is -0.311 e. The van der Waals surface area contributed by atoms with Gasteiger partial charge in [0.2, 0.25) is 9.84 Å². The lowest BCUT2D eigenvalue weighted by molar-refractivity contribution is 0.522. The van der Waals surface area contributed by atoms with Crippen LogP contribution in [0.5, 0.6) is 0 Å². The molecule has 460 valence electrons. The second-order valence-electron chi connectivity index (χ2n) is 28.7. The summed E-state index contributed by atoms with van der Waals surface area (Å²) >= 11 is 0. The zero-order chi connectivity index (χ0) is 65.4. The molecule has 0 saturated carbocycles. The van der Waals surface area contributed by atoms with E-state index >= 15 is 0 Å². The standard InChI is InChI=1S/C85H77N5O2S/c1-81(2,3)60-25-33-64(34-26-60)88(65-35-27-61(28-36-65)82(4,5)6)68-41-45-71(46-42-68)93(91,92)72-47-43-69(44-48-72)89(66-37-29-62(30-38-66)83(7,8)9)67-39-31-63(32-40-67)84(10,11)54-57-17-16-18-70(51-57)90-79-21-14-12-19-75(79)85(76-20-13-15-22-80(76)90)77-52-58(55-86)23-49-73(77)74-50-24-59(56-87)53-78(74)85/h12-53H,54H2,1-11H3. The third kappa shape index (κ3) is 11.1. The van der Waals surface area contributed by atoms with Crippen molar-refractivity contribution in [3.05, 3.63) is 316 Å². The number of fused-ring (bicyclic) bond motifs is 9. The van der Waals surface area contributed by atoms with Gasteiger partial charge in [-0.15, -0.1) is 0 Å². The van der Waals surface area contributed by atoms with Crippen LogP contribution in [0.2, 0.25) is 0 Å². The SMILES string of the molecule is CC(C)(C)c1ccc(N(c2ccc(C(C)(C)C)cc2)c2ccc(S(=O)(=O)c3ccc(N(c4ccc(C(C)(C)C)cc4)c4ccc(C(C)(C)Cc5cccc(N6c7ccccc7C7(c8cc(C#N)ccc8-c8ccc(C#N)cc87)c7ccccc76)c5)cc4)cc3)cc2)cc1. The number of nitrogens with zero attached hydrogens (tertiary/aromatic N) is 5. The van der Waals surface area contributed by atoms with Crippen LogP contribution < -0.4 is 14.7 Å². The van der Waals surface area contributed by atoms with Gasteiger partial charge < -0.3 is 14.7 Å². The predicted molar refractivity (Wildman–Crippen MR) is 382 cm³/mol. The molecule has 7 nitrogen and oxygen atoms in total. The van der Waals surface area contributed by atoms with Crippen molar-refractivity contribution in [1.29, 1.82) is 10.5 Å². The molecule has 0 bridgehead atoms. The van der Waals surface area contributed by atoms with Crippen LogP contribution in [-0.4, -0.2) is 8.42 Å². The summed E-state index contributed by atoms with van der Waals surface area (Å²) in [6.07, 6.45) is 0.752. The van der Waals surface area contributed by atoms with Crippen LogP contribution >= 0.6 is 0 Å². The number of para-hydroxylation sites is 2. The van der Waals surface area contributed by atoms with Gasteiger partial charge in [0.1, 0.15) is 0 Å². The highest BCUT2D eigenvalue weighted by Crippen LogP contribution is 2.64. The number of hydrogen-bond acceptors (Lipinski definition) is 7. The highest BCUT2D eigenvalue weighted by Gasteiger charge is 2.52. The van der Waals surface area contributed by atoms with Crippen molar-refractivity contribution in [3.63, 3.8) is 0 Å². The van der Waals surface area contributed by atoms with Crippen LogP contribution in [0.3, 0.4) is 0 Å². The van der Waals surface area contributed by atoms with E-state index in [4.69, 9.17) is 0 Å². The van der Waals surface area contributed by atoms with Crippen molar-refractivity contribution in [2.24, 2.45) is 0 Å².